The van der Waals surface area contributed by atoms with Crippen molar-refractivity contribution in [1.82, 2.24) is 4.90 Å². The Labute approximate surface area is 227 Å². The van der Waals surface area contributed by atoms with Gasteiger partial charge in [-0.15, -0.1) is 0 Å². The molecule has 3 aromatic carbocycles. The zero-order valence-corrected chi connectivity index (χ0v) is 22.7. The molecule has 1 saturated heterocycles. The lowest BCUT2D eigenvalue weighted by Gasteiger charge is -2.44. The van der Waals surface area contributed by atoms with Gasteiger partial charge >= 0.3 is 6.09 Å². The number of carbonyl (C=O) groups excluding carboxylic acids is 1. The molecule has 3 aliphatic rings. The van der Waals surface area contributed by atoms with Crippen LogP contribution in [0.5, 0.6) is 0 Å². The van der Waals surface area contributed by atoms with Gasteiger partial charge in [0.15, 0.2) is 11.0 Å². The maximum atomic E-state index is 14.0. The number of carbonyl (C=O) groups is 1. The number of likely N-dealkylation sites (tertiary alicyclic amines) is 1. The lowest BCUT2D eigenvalue weighted by atomic mass is 9.68. The summed E-state index contributed by atoms with van der Waals surface area (Å²) in [6.07, 6.45) is 3.45. The molecule has 3 aromatic rings. The Morgan fingerprint density at radius 1 is 1.03 bits per heavy atom. The normalized spacial score (nSPS) is 21.1. The molecule has 6 rings (SSSR count). The van der Waals surface area contributed by atoms with Gasteiger partial charge in [0.2, 0.25) is 0 Å². The van der Waals surface area contributed by atoms with Crippen molar-refractivity contribution in [3.63, 3.8) is 0 Å². The number of hydrogen-bond acceptors (Lipinski definition) is 3. The average molecular weight is 584 g/mol. The molecule has 0 aromatic heterocycles. The van der Waals surface area contributed by atoms with Crippen LogP contribution in [0.25, 0.3) is 0 Å². The zero-order valence-electron chi connectivity index (χ0n) is 20.3. The van der Waals surface area contributed by atoms with Crippen molar-refractivity contribution in [3.05, 3.63) is 94.2 Å². The summed E-state index contributed by atoms with van der Waals surface area (Å²) in [6, 6.07) is 21.9. The molecule has 2 fully saturated rings. The molecule has 1 amide bonds. The number of fused-ring (bicyclic) bond motifs is 2. The van der Waals surface area contributed by atoms with E-state index in [0.29, 0.717) is 23.9 Å². The quantitative estimate of drug-likeness (QED) is 0.341. The van der Waals surface area contributed by atoms with Gasteiger partial charge in [0, 0.05) is 23.0 Å². The number of ether oxygens (including phenoxy) is 1. The summed E-state index contributed by atoms with van der Waals surface area (Å²) in [5.41, 5.74) is 2.91. The molecule has 192 valence electrons. The minimum Gasteiger partial charge on any atom is -0.445 e. The highest BCUT2D eigenvalue weighted by atomic mass is 79.9. The Kier molecular flexibility index (Phi) is 6.57. The van der Waals surface area contributed by atoms with Crippen LogP contribution in [0.3, 0.4) is 0 Å². The molecular weight excluding hydrogens is 555 g/mol. The number of hydrogen-bond donors (Lipinski definition) is 0. The third-order valence-electron chi connectivity index (χ3n) is 7.93. The predicted octanol–water partition coefficient (Wildman–Crippen LogP) is 6.58. The second-order valence-electron chi connectivity index (χ2n) is 10.2. The first-order valence-electron chi connectivity index (χ1n) is 12.7. The number of halogens is 2. The summed E-state index contributed by atoms with van der Waals surface area (Å²) in [4.78, 5) is 15.3. The number of benzene rings is 3. The summed E-state index contributed by atoms with van der Waals surface area (Å²) < 4.78 is 36.3. The van der Waals surface area contributed by atoms with Crippen molar-refractivity contribution in [3.8, 4) is 0 Å². The van der Waals surface area contributed by atoms with Gasteiger partial charge in [0.25, 0.3) is 0 Å². The van der Waals surface area contributed by atoms with Crippen molar-refractivity contribution < 1.29 is 18.1 Å². The molecule has 8 heteroatoms. The molecule has 1 saturated carbocycles. The molecule has 2 unspecified atom stereocenters. The number of piperidine rings is 1. The molecule has 5 nitrogen and oxygen atoms in total. The van der Waals surface area contributed by atoms with E-state index in [1.165, 1.54) is 17.7 Å². The summed E-state index contributed by atoms with van der Waals surface area (Å²) in [5, 5.41) is 0. The van der Waals surface area contributed by atoms with E-state index in [1.807, 2.05) is 42.5 Å². The zero-order chi connectivity index (χ0) is 25.6. The van der Waals surface area contributed by atoms with Gasteiger partial charge in [0.05, 0.1) is 16.6 Å². The van der Waals surface area contributed by atoms with Gasteiger partial charge in [-0.1, -0.05) is 46.3 Å². The minimum absolute atomic E-state index is 0.0603. The summed E-state index contributed by atoms with van der Waals surface area (Å²) in [5.74, 6) is 0.0976. The molecule has 2 aliphatic heterocycles. The molecule has 1 spiro atoms. The fourth-order valence-electron chi connectivity index (χ4n) is 6.01. The van der Waals surface area contributed by atoms with Crippen LogP contribution in [-0.4, -0.2) is 34.3 Å². The van der Waals surface area contributed by atoms with Crippen LogP contribution in [0.4, 0.5) is 14.9 Å². The Balaban J connectivity index is 1.27. The lowest BCUT2D eigenvalue weighted by molar-refractivity contribution is 0.0738. The SMILES string of the molecule is O=C(OCc1ccccc1)N1CCC2(CC1)c1cc(Br)ccc1N(S(=O)c1ccc(F)cc1)C2C1CC1. The van der Waals surface area contributed by atoms with Crippen LogP contribution in [0.1, 0.15) is 36.8 Å². The summed E-state index contributed by atoms with van der Waals surface area (Å²) in [7, 11) is -1.47. The summed E-state index contributed by atoms with van der Waals surface area (Å²) >= 11 is 3.65. The number of anilines is 1. The van der Waals surface area contributed by atoms with Crippen LogP contribution in [0, 0.1) is 11.7 Å². The maximum Gasteiger partial charge on any atom is 0.410 e. The average Bonchev–Trinajstić information content (AvgIpc) is 3.73. The molecule has 1 aliphatic carbocycles. The van der Waals surface area contributed by atoms with Crippen molar-refractivity contribution >= 4 is 38.7 Å². The van der Waals surface area contributed by atoms with E-state index in [2.05, 4.69) is 26.3 Å². The molecule has 2 atom stereocenters. The number of rotatable bonds is 5. The van der Waals surface area contributed by atoms with Gasteiger partial charge in [-0.3, -0.25) is 4.31 Å². The fraction of sp³-hybridized carbons (Fsp3) is 0.345. The van der Waals surface area contributed by atoms with E-state index in [4.69, 9.17) is 4.74 Å². The van der Waals surface area contributed by atoms with Crippen LogP contribution < -0.4 is 4.31 Å². The standard InChI is InChI=1S/C29H28BrFN2O3S/c30-22-8-13-26-25(18-22)29(14-16-32(17-15-29)28(34)36-19-20-4-2-1-3-5-20)27(21-6-7-21)33(26)37(35)24-11-9-23(31)10-12-24/h1-5,8-13,18,21,27H,6-7,14-17,19H2. The Morgan fingerprint density at radius 3 is 2.41 bits per heavy atom. The van der Waals surface area contributed by atoms with Gasteiger partial charge < -0.3 is 9.64 Å². The Morgan fingerprint density at radius 2 is 1.73 bits per heavy atom. The van der Waals surface area contributed by atoms with Crippen LogP contribution >= 0.6 is 15.9 Å². The van der Waals surface area contributed by atoms with Gasteiger partial charge in [0.1, 0.15) is 12.4 Å². The largest absolute Gasteiger partial charge is 0.445 e. The topological polar surface area (TPSA) is 49.9 Å². The van der Waals surface area contributed by atoms with E-state index < -0.39 is 11.0 Å². The Bertz CT molecular complexity index is 1320. The van der Waals surface area contributed by atoms with Crippen LogP contribution in [0.15, 0.2) is 82.2 Å². The molecule has 0 N–H and O–H groups in total. The van der Waals surface area contributed by atoms with E-state index in [1.54, 1.807) is 17.0 Å². The summed E-state index contributed by atoms with van der Waals surface area (Å²) in [6.45, 7) is 1.42. The highest BCUT2D eigenvalue weighted by molar-refractivity contribution is 9.10. The van der Waals surface area contributed by atoms with Crippen LogP contribution in [0.2, 0.25) is 0 Å². The first-order valence-corrected chi connectivity index (χ1v) is 14.6. The smallest absolute Gasteiger partial charge is 0.410 e. The van der Waals surface area contributed by atoms with Crippen LogP contribution in [-0.2, 0) is 27.7 Å². The first-order chi connectivity index (χ1) is 18.0. The molecule has 37 heavy (non-hydrogen) atoms. The third-order valence-corrected chi connectivity index (χ3v) is 9.88. The molecular formula is C29H28BrFN2O3S. The lowest BCUT2D eigenvalue weighted by Crippen LogP contribution is -2.53. The maximum absolute atomic E-state index is 14.0. The molecule has 0 radical (unpaired) electrons. The molecule has 0 bridgehead atoms. The van der Waals surface area contributed by atoms with Crippen molar-refractivity contribution in [2.75, 3.05) is 17.4 Å². The number of amides is 1. The van der Waals surface area contributed by atoms with E-state index in [0.717, 1.165) is 41.4 Å². The predicted molar refractivity (Wildman–Crippen MR) is 145 cm³/mol. The van der Waals surface area contributed by atoms with Gasteiger partial charge in [-0.2, -0.15) is 0 Å². The first kappa shape index (κ1) is 24.6. The van der Waals surface area contributed by atoms with Gasteiger partial charge in [-0.05, 0) is 85.2 Å². The number of nitrogens with zero attached hydrogens (tertiary/aromatic N) is 2. The third kappa shape index (κ3) is 4.59. The van der Waals surface area contributed by atoms with Crippen molar-refractivity contribution in [2.45, 2.75) is 48.6 Å². The van der Waals surface area contributed by atoms with Crippen molar-refractivity contribution in [2.24, 2.45) is 5.92 Å². The second-order valence-corrected chi connectivity index (χ2v) is 12.4. The Hall–Kier alpha value is -2.71. The molecule has 2 heterocycles. The highest BCUT2D eigenvalue weighted by Crippen LogP contribution is 2.58. The second kappa shape index (κ2) is 9.87. The van der Waals surface area contributed by atoms with E-state index >= 15 is 0 Å². The van der Waals surface area contributed by atoms with E-state index in [-0.39, 0.29) is 30.0 Å². The van der Waals surface area contributed by atoms with E-state index in [9.17, 15) is 13.4 Å². The highest BCUT2D eigenvalue weighted by Gasteiger charge is 2.58. The minimum atomic E-state index is -1.47. The monoisotopic (exact) mass is 582 g/mol. The van der Waals surface area contributed by atoms with Gasteiger partial charge in [-0.25, -0.2) is 13.4 Å². The van der Waals surface area contributed by atoms with Crippen molar-refractivity contribution in [1.29, 1.82) is 0 Å². The fourth-order valence-corrected chi connectivity index (χ4v) is 7.88.